The Labute approximate surface area is 118 Å². The minimum atomic E-state index is 0.0988. The van der Waals surface area contributed by atoms with Gasteiger partial charge in [0.25, 0.3) is 0 Å². The summed E-state index contributed by atoms with van der Waals surface area (Å²) in [5.74, 6) is 0.765. The first kappa shape index (κ1) is 13.7. The first-order chi connectivity index (χ1) is 8.47. The van der Waals surface area contributed by atoms with Crippen LogP contribution in [0.15, 0.2) is 18.2 Å². The SMILES string of the molecule is CC(C)CC1NC(=O)CC1c1cc(Cl)ccc1Cl. The molecule has 98 valence electrons. The molecule has 1 aliphatic heterocycles. The van der Waals surface area contributed by atoms with Crippen LogP contribution < -0.4 is 5.32 Å². The Morgan fingerprint density at radius 1 is 1.39 bits per heavy atom. The van der Waals surface area contributed by atoms with Crippen molar-refractivity contribution in [2.24, 2.45) is 5.92 Å². The lowest BCUT2D eigenvalue weighted by Gasteiger charge is -2.22. The molecule has 0 bridgehead atoms. The van der Waals surface area contributed by atoms with Crippen LogP contribution in [0.4, 0.5) is 0 Å². The molecule has 2 atom stereocenters. The van der Waals surface area contributed by atoms with Crippen LogP contribution in [-0.2, 0) is 4.79 Å². The van der Waals surface area contributed by atoms with Crippen LogP contribution >= 0.6 is 23.2 Å². The molecule has 18 heavy (non-hydrogen) atoms. The number of hydrogen-bond donors (Lipinski definition) is 1. The molecule has 2 unspecified atom stereocenters. The first-order valence-corrected chi connectivity index (χ1v) is 6.97. The lowest BCUT2D eigenvalue weighted by molar-refractivity contribution is -0.119. The molecule has 1 aromatic rings. The third-order valence-corrected chi connectivity index (χ3v) is 3.90. The average molecular weight is 286 g/mol. The number of benzene rings is 1. The predicted molar refractivity (Wildman–Crippen MR) is 75.2 cm³/mol. The van der Waals surface area contributed by atoms with E-state index in [1.807, 2.05) is 6.07 Å². The lowest BCUT2D eigenvalue weighted by Crippen LogP contribution is -2.29. The zero-order valence-corrected chi connectivity index (χ0v) is 12.1. The predicted octanol–water partition coefficient (Wildman–Crippen LogP) is 4.01. The van der Waals surface area contributed by atoms with Crippen molar-refractivity contribution in [1.82, 2.24) is 5.32 Å². The molecular weight excluding hydrogens is 269 g/mol. The van der Waals surface area contributed by atoms with Crippen molar-refractivity contribution in [1.29, 1.82) is 0 Å². The number of hydrogen-bond acceptors (Lipinski definition) is 1. The lowest BCUT2D eigenvalue weighted by atomic mass is 9.87. The van der Waals surface area contributed by atoms with Gasteiger partial charge in [-0.25, -0.2) is 0 Å². The maximum atomic E-state index is 11.6. The van der Waals surface area contributed by atoms with E-state index in [0.29, 0.717) is 22.4 Å². The summed E-state index contributed by atoms with van der Waals surface area (Å²) in [6, 6.07) is 5.61. The second kappa shape index (κ2) is 5.50. The highest BCUT2D eigenvalue weighted by molar-refractivity contribution is 6.33. The van der Waals surface area contributed by atoms with Crippen molar-refractivity contribution in [2.45, 2.75) is 38.6 Å². The second-order valence-electron chi connectivity index (χ2n) is 5.28. The summed E-state index contributed by atoms with van der Waals surface area (Å²) in [6.07, 6.45) is 1.46. The van der Waals surface area contributed by atoms with Crippen LogP contribution in [0.2, 0.25) is 10.0 Å². The van der Waals surface area contributed by atoms with E-state index in [1.54, 1.807) is 12.1 Å². The minimum Gasteiger partial charge on any atom is -0.353 e. The van der Waals surface area contributed by atoms with Crippen molar-refractivity contribution in [2.75, 3.05) is 0 Å². The summed E-state index contributed by atoms with van der Waals surface area (Å²) in [4.78, 5) is 11.6. The summed E-state index contributed by atoms with van der Waals surface area (Å²) in [5, 5.41) is 4.39. The third kappa shape index (κ3) is 2.99. The largest absolute Gasteiger partial charge is 0.353 e. The van der Waals surface area contributed by atoms with E-state index < -0.39 is 0 Å². The van der Waals surface area contributed by atoms with Crippen molar-refractivity contribution in [3.63, 3.8) is 0 Å². The molecule has 2 nitrogen and oxygen atoms in total. The molecule has 1 saturated heterocycles. The monoisotopic (exact) mass is 285 g/mol. The van der Waals surface area contributed by atoms with E-state index in [1.165, 1.54) is 0 Å². The molecule has 1 fully saturated rings. The second-order valence-corrected chi connectivity index (χ2v) is 6.12. The van der Waals surface area contributed by atoms with Crippen molar-refractivity contribution >= 4 is 29.1 Å². The van der Waals surface area contributed by atoms with Gasteiger partial charge in [0.05, 0.1) is 0 Å². The molecule has 0 aromatic heterocycles. The first-order valence-electron chi connectivity index (χ1n) is 6.21. The van der Waals surface area contributed by atoms with Crippen LogP contribution in [0, 0.1) is 5.92 Å². The van der Waals surface area contributed by atoms with Gasteiger partial charge in [-0.3, -0.25) is 4.79 Å². The van der Waals surface area contributed by atoms with Gasteiger partial charge in [-0.2, -0.15) is 0 Å². The zero-order chi connectivity index (χ0) is 13.3. The van der Waals surface area contributed by atoms with Gasteiger partial charge in [0, 0.05) is 28.4 Å². The van der Waals surface area contributed by atoms with Gasteiger partial charge >= 0.3 is 0 Å². The Balaban J connectivity index is 2.29. The van der Waals surface area contributed by atoms with Crippen LogP contribution in [0.5, 0.6) is 0 Å². The maximum Gasteiger partial charge on any atom is 0.220 e. The number of nitrogens with one attached hydrogen (secondary N) is 1. The Morgan fingerprint density at radius 2 is 2.11 bits per heavy atom. The van der Waals surface area contributed by atoms with Gasteiger partial charge < -0.3 is 5.32 Å². The van der Waals surface area contributed by atoms with Crippen LogP contribution in [0.1, 0.15) is 38.2 Å². The number of rotatable bonds is 3. The van der Waals surface area contributed by atoms with Gasteiger partial charge in [-0.1, -0.05) is 37.0 Å². The molecule has 1 N–H and O–H groups in total. The number of halogens is 2. The maximum absolute atomic E-state index is 11.6. The van der Waals surface area contributed by atoms with Gasteiger partial charge in [0.2, 0.25) is 5.91 Å². The molecule has 4 heteroatoms. The fourth-order valence-corrected chi connectivity index (χ4v) is 3.00. The smallest absolute Gasteiger partial charge is 0.220 e. The Morgan fingerprint density at radius 3 is 2.78 bits per heavy atom. The number of amides is 1. The summed E-state index contributed by atoms with van der Waals surface area (Å²) >= 11 is 12.2. The van der Waals surface area contributed by atoms with Gasteiger partial charge in [-0.05, 0) is 36.1 Å². The molecule has 2 rings (SSSR count). The van der Waals surface area contributed by atoms with E-state index in [2.05, 4.69) is 19.2 Å². The Hall–Kier alpha value is -0.730. The normalized spacial score (nSPS) is 23.5. The molecule has 0 spiro atoms. The van der Waals surface area contributed by atoms with E-state index in [-0.39, 0.29) is 17.9 Å². The van der Waals surface area contributed by atoms with Gasteiger partial charge in [0.1, 0.15) is 0 Å². The van der Waals surface area contributed by atoms with E-state index in [0.717, 1.165) is 12.0 Å². The number of carbonyl (C=O) groups excluding carboxylic acids is 1. The molecule has 1 heterocycles. The standard InChI is InChI=1S/C14H17Cl2NO/c1-8(2)5-13-11(7-14(18)17-13)10-6-9(15)3-4-12(10)16/h3-4,6,8,11,13H,5,7H2,1-2H3,(H,17,18). The topological polar surface area (TPSA) is 29.1 Å². The molecule has 1 amide bonds. The summed E-state index contributed by atoms with van der Waals surface area (Å²) in [6.45, 7) is 4.31. The molecule has 0 saturated carbocycles. The molecular formula is C14H17Cl2NO. The summed E-state index contributed by atoms with van der Waals surface area (Å²) in [5.41, 5.74) is 0.980. The van der Waals surface area contributed by atoms with E-state index in [9.17, 15) is 4.79 Å². The fourth-order valence-electron chi connectivity index (χ4n) is 2.56. The molecule has 1 aliphatic rings. The fraction of sp³-hybridized carbons (Fsp3) is 0.500. The minimum absolute atomic E-state index is 0.0988. The average Bonchev–Trinajstić information content (AvgIpc) is 2.62. The Bertz CT molecular complexity index is 459. The highest BCUT2D eigenvalue weighted by Crippen LogP contribution is 2.36. The summed E-state index contributed by atoms with van der Waals surface area (Å²) in [7, 11) is 0. The highest BCUT2D eigenvalue weighted by Gasteiger charge is 2.34. The van der Waals surface area contributed by atoms with Crippen molar-refractivity contribution in [3.8, 4) is 0 Å². The van der Waals surface area contributed by atoms with Crippen molar-refractivity contribution in [3.05, 3.63) is 33.8 Å². The van der Waals surface area contributed by atoms with E-state index >= 15 is 0 Å². The van der Waals surface area contributed by atoms with E-state index in [4.69, 9.17) is 23.2 Å². The number of carbonyl (C=O) groups is 1. The highest BCUT2D eigenvalue weighted by atomic mass is 35.5. The Kier molecular flexibility index (Phi) is 4.18. The van der Waals surface area contributed by atoms with Gasteiger partial charge in [-0.15, -0.1) is 0 Å². The molecule has 0 radical (unpaired) electrons. The molecule has 1 aromatic carbocycles. The quantitative estimate of drug-likeness (QED) is 0.893. The van der Waals surface area contributed by atoms with Crippen LogP contribution in [0.3, 0.4) is 0 Å². The summed E-state index contributed by atoms with van der Waals surface area (Å²) < 4.78 is 0. The van der Waals surface area contributed by atoms with Crippen LogP contribution in [0.25, 0.3) is 0 Å². The zero-order valence-electron chi connectivity index (χ0n) is 10.5. The molecule has 0 aliphatic carbocycles. The van der Waals surface area contributed by atoms with Crippen molar-refractivity contribution < 1.29 is 4.79 Å². The third-order valence-electron chi connectivity index (χ3n) is 3.32. The van der Waals surface area contributed by atoms with Crippen LogP contribution in [-0.4, -0.2) is 11.9 Å². The van der Waals surface area contributed by atoms with Gasteiger partial charge in [0.15, 0.2) is 0 Å².